The highest BCUT2D eigenvalue weighted by molar-refractivity contribution is 5.79. The van der Waals surface area contributed by atoms with Crippen LogP contribution in [-0.2, 0) is 6.61 Å². The maximum atomic E-state index is 5.80. The van der Waals surface area contributed by atoms with E-state index in [9.17, 15) is 0 Å². The molecule has 4 heteroatoms. The smallest absolute Gasteiger partial charge is 0.130 e. The molecule has 0 spiro atoms. The maximum absolute atomic E-state index is 5.80. The van der Waals surface area contributed by atoms with Crippen LogP contribution in [0.1, 0.15) is 12.6 Å². The van der Waals surface area contributed by atoms with Gasteiger partial charge in [-0.15, -0.1) is 0 Å². The number of pyridine rings is 2. The third-order valence-corrected chi connectivity index (χ3v) is 3.13. The Bertz CT molecular complexity index is 743. The molecule has 0 amide bonds. The molecule has 106 valence electrons. The van der Waals surface area contributed by atoms with Crippen LogP contribution in [0.3, 0.4) is 0 Å². The topological polar surface area (TPSA) is 47.0 Å². The highest BCUT2D eigenvalue weighted by Crippen LogP contribution is 2.19. The van der Waals surface area contributed by atoms with E-state index in [0.29, 0.717) is 6.61 Å². The van der Waals surface area contributed by atoms with E-state index in [2.05, 4.69) is 15.3 Å². The van der Waals surface area contributed by atoms with Crippen molar-refractivity contribution in [1.82, 2.24) is 9.97 Å². The van der Waals surface area contributed by atoms with Crippen molar-refractivity contribution in [2.75, 3.05) is 11.9 Å². The van der Waals surface area contributed by atoms with Gasteiger partial charge in [0.05, 0.1) is 11.2 Å². The van der Waals surface area contributed by atoms with E-state index in [1.807, 2.05) is 55.5 Å². The second kappa shape index (κ2) is 6.22. The van der Waals surface area contributed by atoms with Crippen molar-refractivity contribution < 1.29 is 4.74 Å². The van der Waals surface area contributed by atoms with Crippen LogP contribution in [-0.4, -0.2) is 16.5 Å². The number of benzene rings is 1. The average Bonchev–Trinajstić information content (AvgIpc) is 2.53. The lowest BCUT2D eigenvalue weighted by atomic mass is 10.2. The van der Waals surface area contributed by atoms with Crippen molar-refractivity contribution in [3.8, 4) is 5.75 Å². The van der Waals surface area contributed by atoms with Gasteiger partial charge in [0.1, 0.15) is 18.2 Å². The molecule has 0 saturated carbocycles. The lowest BCUT2D eigenvalue weighted by Gasteiger charge is -2.08. The van der Waals surface area contributed by atoms with Crippen LogP contribution in [0.15, 0.2) is 54.7 Å². The Balaban J connectivity index is 1.72. The van der Waals surface area contributed by atoms with Gasteiger partial charge in [0, 0.05) is 24.2 Å². The highest BCUT2D eigenvalue weighted by atomic mass is 16.5. The van der Waals surface area contributed by atoms with Gasteiger partial charge in [0.2, 0.25) is 0 Å². The van der Waals surface area contributed by atoms with Crippen LogP contribution in [0.25, 0.3) is 10.9 Å². The largest absolute Gasteiger partial charge is 0.487 e. The van der Waals surface area contributed by atoms with Crippen molar-refractivity contribution in [3.63, 3.8) is 0 Å². The predicted octanol–water partition coefficient (Wildman–Crippen LogP) is 3.64. The summed E-state index contributed by atoms with van der Waals surface area (Å²) in [6, 6.07) is 15.8. The van der Waals surface area contributed by atoms with Gasteiger partial charge >= 0.3 is 0 Å². The number of rotatable bonds is 5. The van der Waals surface area contributed by atoms with Gasteiger partial charge in [-0.3, -0.25) is 4.98 Å². The minimum atomic E-state index is 0.442. The van der Waals surface area contributed by atoms with Crippen LogP contribution in [0.5, 0.6) is 5.75 Å². The number of fused-ring (bicyclic) bond motifs is 1. The Morgan fingerprint density at radius 1 is 1.10 bits per heavy atom. The maximum Gasteiger partial charge on any atom is 0.130 e. The zero-order valence-electron chi connectivity index (χ0n) is 11.9. The Morgan fingerprint density at radius 2 is 2.05 bits per heavy atom. The number of hydrogen-bond donors (Lipinski definition) is 1. The zero-order chi connectivity index (χ0) is 14.5. The minimum Gasteiger partial charge on any atom is -0.487 e. The van der Waals surface area contributed by atoms with E-state index in [1.165, 1.54) is 0 Å². The molecule has 2 aromatic heterocycles. The summed E-state index contributed by atoms with van der Waals surface area (Å²) in [5.74, 6) is 1.68. The predicted molar refractivity (Wildman–Crippen MR) is 84.5 cm³/mol. The Morgan fingerprint density at radius 3 is 2.95 bits per heavy atom. The molecule has 0 unspecified atom stereocenters. The lowest BCUT2D eigenvalue weighted by molar-refractivity contribution is 0.302. The van der Waals surface area contributed by atoms with E-state index < -0.39 is 0 Å². The fourth-order valence-electron chi connectivity index (χ4n) is 2.13. The number of aromatic nitrogens is 2. The van der Waals surface area contributed by atoms with Crippen molar-refractivity contribution in [2.45, 2.75) is 13.5 Å². The Kier molecular flexibility index (Phi) is 3.96. The molecule has 0 aliphatic rings. The summed E-state index contributed by atoms with van der Waals surface area (Å²) < 4.78 is 5.80. The molecule has 3 rings (SSSR count). The van der Waals surface area contributed by atoms with E-state index in [0.717, 1.165) is 34.7 Å². The van der Waals surface area contributed by atoms with Crippen LogP contribution < -0.4 is 10.1 Å². The van der Waals surface area contributed by atoms with Gasteiger partial charge in [0.25, 0.3) is 0 Å². The lowest BCUT2D eigenvalue weighted by Crippen LogP contribution is -2.03. The number of hydrogen-bond acceptors (Lipinski definition) is 4. The quantitative estimate of drug-likeness (QED) is 0.774. The molecular weight excluding hydrogens is 262 g/mol. The molecule has 0 fully saturated rings. The van der Waals surface area contributed by atoms with E-state index in [-0.39, 0.29) is 0 Å². The van der Waals surface area contributed by atoms with Gasteiger partial charge in [0.15, 0.2) is 0 Å². The van der Waals surface area contributed by atoms with Crippen LogP contribution >= 0.6 is 0 Å². The Labute approximate surface area is 123 Å². The fourth-order valence-corrected chi connectivity index (χ4v) is 2.13. The van der Waals surface area contributed by atoms with Gasteiger partial charge in [-0.05, 0) is 37.3 Å². The average molecular weight is 279 g/mol. The van der Waals surface area contributed by atoms with Crippen molar-refractivity contribution >= 4 is 16.7 Å². The summed E-state index contributed by atoms with van der Waals surface area (Å²) in [7, 11) is 0. The van der Waals surface area contributed by atoms with E-state index >= 15 is 0 Å². The number of anilines is 1. The van der Waals surface area contributed by atoms with E-state index in [4.69, 9.17) is 4.74 Å². The second-order valence-electron chi connectivity index (χ2n) is 4.69. The monoisotopic (exact) mass is 279 g/mol. The molecule has 2 heterocycles. The second-order valence-corrected chi connectivity index (χ2v) is 4.69. The molecule has 0 bridgehead atoms. The summed E-state index contributed by atoms with van der Waals surface area (Å²) in [6.07, 6.45) is 1.79. The summed E-state index contributed by atoms with van der Waals surface area (Å²) in [4.78, 5) is 8.82. The summed E-state index contributed by atoms with van der Waals surface area (Å²) >= 11 is 0. The standard InChI is InChI=1S/C17H17N3O/c1-2-18-17-7-3-6-14(20-17)12-21-15-9-8-13-5-4-10-19-16(13)11-15/h3-11H,2,12H2,1H3,(H,18,20). The number of nitrogens with zero attached hydrogens (tertiary/aromatic N) is 2. The number of nitrogens with one attached hydrogen (secondary N) is 1. The first kappa shape index (κ1) is 13.4. The molecule has 1 aromatic carbocycles. The van der Waals surface area contributed by atoms with Crippen molar-refractivity contribution in [2.24, 2.45) is 0 Å². The molecule has 0 atom stereocenters. The van der Waals surface area contributed by atoms with Crippen LogP contribution in [0.4, 0.5) is 5.82 Å². The molecule has 0 aliphatic carbocycles. The molecule has 1 N–H and O–H groups in total. The van der Waals surface area contributed by atoms with Crippen molar-refractivity contribution in [1.29, 1.82) is 0 Å². The van der Waals surface area contributed by atoms with Gasteiger partial charge in [-0.2, -0.15) is 0 Å². The number of ether oxygens (including phenoxy) is 1. The summed E-state index contributed by atoms with van der Waals surface area (Å²) in [6.45, 7) is 3.35. The molecule has 0 saturated heterocycles. The molecule has 0 aliphatic heterocycles. The van der Waals surface area contributed by atoms with Gasteiger partial charge in [-0.1, -0.05) is 12.1 Å². The van der Waals surface area contributed by atoms with Crippen molar-refractivity contribution in [3.05, 3.63) is 60.4 Å². The first-order valence-corrected chi connectivity index (χ1v) is 7.02. The van der Waals surface area contributed by atoms with Crippen LogP contribution in [0, 0.1) is 0 Å². The normalized spacial score (nSPS) is 10.5. The van der Waals surface area contributed by atoms with E-state index in [1.54, 1.807) is 6.20 Å². The molecule has 3 aromatic rings. The SMILES string of the molecule is CCNc1cccc(COc2ccc3cccnc3c2)n1. The highest BCUT2D eigenvalue weighted by Gasteiger charge is 2.01. The molecule has 0 radical (unpaired) electrons. The zero-order valence-corrected chi connectivity index (χ0v) is 11.9. The molecule has 4 nitrogen and oxygen atoms in total. The van der Waals surface area contributed by atoms with Gasteiger partial charge < -0.3 is 10.1 Å². The third-order valence-electron chi connectivity index (χ3n) is 3.13. The fraction of sp³-hybridized carbons (Fsp3) is 0.176. The molecular formula is C17H17N3O. The van der Waals surface area contributed by atoms with Crippen LogP contribution in [0.2, 0.25) is 0 Å². The first-order valence-electron chi connectivity index (χ1n) is 7.02. The van der Waals surface area contributed by atoms with Gasteiger partial charge in [-0.25, -0.2) is 4.98 Å². The minimum absolute atomic E-state index is 0.442. The Hall–Kier alpha value is -2.62. The summed E-state index contributed by atoms with van der Waals surface area (Å²) in [5.41, 5.74) is 1.83. The molecule has 21 heavy (non-hydrogen) atoms. The third kappa shape index (κ3) is 3.28. The summed E-state index contributed by atoms with van der Waals surface area (Å²) in [5, 5.41) is 4.30. The first-order chi connectivity index (χ1) is 10.3.